The monoisotopic (exact) mass is 279 g/mol. The highest BCUT2D eigenvalue weighted by atomic mass is 16.6. The number of anilines is 1. The fourth-order valence-corrected chi connectivity index (χ4v) is 1.86. The van der Waals surface area contributed by atoms with Gasteiger partial charge in [-0.3, -0.25) is 14.9 Å². The fourth-order valence-electron chi connectivity index (χ4n) is 1.86. The van der Waals surface area contributed by atoms with Crippen molar-refractivity contribution in [1.29, 1.82) is 0 Å². The lowest BCUT2D eigenvalue weighted by Crippen LogP contribution is -2.27. The van der Waals surface area contributed by atoms with Crippen LogP contribution in [0, 0.1) is 24.0 Å². The molecule has 0 atom stereocenters. The van der Waals surface area contributed by atoms with Gasteiger partial charge in [0.2, 0.25) is 5.91 Å². The van der Waals surface area contributed by atoms with Gasteiger partial charge in [-0.25, -0.2) is 0 Å². The Balaban J connectivity index is 2.74. The van der Waals surface area contributed by atoms with Gasteiger partial charge in [-0.05, 0) is 25.5 Å². The standard InChI is InChI=1S/C14H21N3O3/c1-9(2)15-6-5-14(18)16-12-8-13(17(19)20)11(4)7-10(12)3/h7-9,15H,5-6H2,1-4H3,(H,16,18). The molecular formula is C14H21N3O3. The Morgan fingerprint density at radius 1 is 1.30 bits per heavy atom. The van der Waals surface area contributed by atoms with Crippen molar-refractivity contribution in [2.75, 3.05) is 11.9 Å². The highest BCUT2D eigenvalue weighted by molar-refractivity contribution is 5.92. The molecule has 0 aromatic heterocycles. The van der Waals surface area contributed by atoms with Crippen LogP contribution in [-0.2, 0) is 4.79 Å². The molecule has 0 fully saturated rings. The summed E-state index contributed by atoms with van der Waals surface area (Å²) in [6.45, 7) is 8.09. The van der Waals surface area contributed by atoms with E-state index in [9.17, 15) is 14.9 Å². The lowest BCUT2D eigenvalue weighted by Gasteiger charge is -2.11. The van der Waals surface area contributed by atoms with Crippen LogP contribution in [-0.4, -0.2) is 23.4 Å². The summed E-state index contributed by atoms with van der Waals surface area (Å²) in [4.78, 5) is 22.3. The number of hydrogen-bond donors (Lipinski definition) is 2. The van der Waals surface area contributed by atoms with Crippen molar-refractivity contribution in [3.63, 3.8) is 0 Å². The number of nitrogens with one attached hydrogen (secondary N) is 2. The Hall–Kier alpha value is -1.95. The van der Waals surface area contributed by atoms with E-state index < -0.39 is 4.92 Å². The van der Waals surface area contributed by atoms with Gasteiger partial charge in [0.15, 0.2) is 0 Å². The first-order valence-electron chi connectivity index (χ1n) is 6.60. The van der Waals surface area contributed by atoms with Crippen molar-refractivity contribution in [1.82, 2.24) is 5.32 Å². The molecule has 0 aliphatic carbocycles. The summed E-state index contributed by atoms with van der Waals surface area (Å²) in [5.41, 5.74) is 1.92. The van der Waals surface area contributed by atoms with E-state index >= 15 is 0 Å². The quantitative estimate of drug-likeness (QED) is 0.619. The van der Waals surface area contributed by atoms with E-state index in [0.717, 1.165) is 5.56 Å². The third-order valence-corrected chi connectivity index (χ3v) is 2.92. The molecule has 1 aromatic carbocycles. The molecule has 0 saturated heterocycles. The summed E-state index contributed by atoms with van der Waals surface area (Å²) in [6, 6.07) is 3.45. The van der Waals surface area contributed by atoms with Crippen molar-refractivity contribution >= 4 is 17.3 Å². The molecule has 20 heavy (non-hydrogen) atoms. The van der Waals surface area contributed by atoms with E-state index in [0.29, 0.717) is 30.3 Å². The maximum atomic E-state index is 11.8. The first-order valence-corrected chi connectivity index (χ1v) is 6.60. The second-order valence-electron chi connectivity index (χ2n) is 5.12. The molecule has 0 aliphatic heterocycles. The Morgan fingerprint density at radius 2 is 1.95 bits per heavy atom. The number of benzene rings is 1. The number of amides is 1. The molecule has 0 heterocycles. The average molecular weight is 279 g/mol. The van der Waals surface area contributed by atoms with Gasteiger partial charge >= 0.3 is 0 Å². The Labute approximate surface area is 118 Å². The summed E-state index contributed by atoms with van der Waals surface area (Å²) in [5.74, 6) is -0.153. The first-order chi connectivity index (χ1) is 9.31. The summed E-state index contributed by atoms with van der Waals surface area (Å²) in [6.07, 6.45) is 0.333. The number of nitro benzene ring substituents is 1. The zero-order valence-electron chi connectivity index (χ0n) is 12.3. The normalized spacial score (nSPS) is 10.7. The predicted molar refractivity (Wildman–Crippen MR) is 79.0 cm³/mol. The van der Waals surface area contributed by atoms with Crippen molar-refractivity contribution in [3.05, 3.63) is 33.4 Å². The maximum absolute atomic E-state index is 11.8. The number of aryl methyl sites for hydroxylation is 2. The fraction of sp³-hybridized carbons (Fsp3) is 0.500. The number of hydrogen-bond acceptors (Lipinski definition) is 4. The van der Waals surface area contributed by atoms with Crippen LogP contribution in [0.1, 0.15) is 31.4 Å². The highest BCUT2D eigenvalue weighted by Gasteiger charge is 2.14. The van der Waals surface area contributed by atoms with Crippen LogP contribution in [0.4, 0.5) is 11.4 Å². The van der Waals surface area contributed by atoms with Gasteiger partial charge in [-0.2, -0.15) is 0 Å². The average Bonchev–Trinajstić information content (AvgIpc) is 2.31. The van der Waals surface area contributed by atoms with Crippen molar-refractivity contribution < 1.29 is 9.72 Å². The van der Waals surface area contributed by atoms with Gasteiger partial charge in [-0.1, -0.05) is 13.8 Å². The molecule has 0 unspecified atom stereocenters. The van der Waals surface area contributed by atoms with Gasteiger partial charge in [0.1, 0.15) is 0 Å². The van der Waals surface area contributed by atoms with E-state index in [-0.39, 0.29) is 11.6 Å². The minimum absolute atomic E-state index is 0.0196. The molecule has 1 amide bonds. The number of nitro groups is 1. The molecular weight excluding hydrogens is 258 g/mol. The van der Waals surface area contributed by atoms with Gasteiger partial charge in [0.25, 0.3) is 5.69 Å². The Morgan fingerprint density at radius 3 is 2.50 bits per heavy atom. The minimum atomic E-state index is -0.440. The van der Waals surface area contributed by atoms with E-state index in [1.54, 1.807) is 13.0 Å². The highest BCUT2D eigenvalue weighted by Crippen LogP contribution is 2.26. The van der Waals surface area contributed by atoms with Crippen LogP contribution >= 0.6 is 0 Å². The van der Waals surface area contributed by atoms with E-state index in [4.69, 9.17) is 0 Å². The summed E-state index contributed by atoms with van der Waals surface area (Å²) in [5, 5.41) is 16.8. The smallest absolute Gasteiger partial charge is 0.274 e. The van der Waals surface area contributed by atoms with Crippen LogP contribution in [0.25, 0.3) is 0 Å². The second-order valence-corrected chi connectivity index (χ2v) is 5.12. The Bertz CT molecular complexity index is 513. The third kappa shape index (κ3) is 4.62. The summed E-state index contributed by atoms with van der Waals surface area (Å²) in [7, 11) is 0. The molecule has 1 aromatic rings. The molecule has 110 valence electrons. The van der Waals surface area contributed by atoms with Crippen LogP contribution in [0.15, 0.2) is 12.1 Å². The predicted octanol–water partition coefficient (Wildman–Crippen LogP) is 2.54. The molecule has 6 nitrogen and oxygen atoms in total. The molecule has 0 bridgehead atoms. The molecule has 0 aliphatic rings. The number of carbonyl (C=O) groups excluding carboxylic acids is 1. The van der Waals surface area contributed by atoms with Crippen LogP contribution < -0.4 is 10.6 Å². The van der Waals surface area contributed by atoms with Crippen LogP contribution in [0.2, 0.25) is 0 Å². The van der Waals surface area contributed by atoms with Crippen molar-refractivity contribution in [3.8, 4) is 0 Å². The van der Waals surface area contributed by atoms with Gasteiger partial charge in [0.05, 0.1) is 10.6 Å². The van der Waals surface area contributed by atoms with Crippen molar-refractivity contribution in [2.45, 2.75) is 40.2 Å². The lowest BCUT2D eigenvalue weighted by atomic mass is 10.1. The van der Waals surface area contributed by atoms with Gasteiger partial charge < -0.3 is 10.6 Å². The largest absolute Gasteiger partial charge is 0.326 e. The molecule has 2 N–H and O–H groups in total. The van der Waals surface area contributed by atoms with E-state index in [1.807, 2.05) is 20.8 Å². The summed E-state index contributed by atoms with van der Waals surface area (Å²) >= 11 is 0. The number of rotatable bonds is 6. The molecule has 0 spiro atoms. The third-order valence-electron chi connectivity index (χ3n) is 2.92. The molecule has 1 rings (SSSR count). The second kappa shape index (κ2) is 7.00. The van der Waals surface area contributed by atoms with Crippen LogP contribution in [0.3, 0.4) is 0 Å². The van der Waals surface area contributed by atoms with Gasteiger partial charge in [0, 0.05) is 30.6 Å². The Kier molecular flexibility index (Phi) is 5.64. The van der Waals surface area contributed by atoms with E-state index in [2.05, 4.69) is 10.6 Å². The first kappa shape index (κ1) is 16.1. The van der Waals surface area contributed by atoms with Crippen molar-refractivity contribution in [2.24, 2.45) is 0 Å². The topological polar surface area (TPSA) is 84.3 Å². The molecule has 0 radical (unpaired) electrons. The number of carbonyl (C=O) groups is 1. The molecule has 0 saturated carbocycles. The minimum Gasteiger partial charge on any atom is -0.326 e. The van der Waals surface area contributed by atoms with Gasteiger partial charge in [-0.15, -0.1) is 0 Å². The zero-order valence-corrected chi connectivity index (χ0v) is 12.3. The SMILES string of the molecule is Cc1cc(C)c([N+](=O)[O-])cc1NC(=O)CCNC(C)C. The lowest BCUT2D eigenvalue weighted by molar-refractivity contribution is -0.385. The van der Waals surface area contributed by atoms with Crippen LogP contribution in [0.5, 0.6) is 0 Å². The zero-order chi connectivity index (χ0) is 15.3. The maximum Gasteiger partial charge on any atom is 0.274 e. The summed E-state index contributed by atoms with van der Waals surface area (Å²) < 4.78 is 0. The number of nitrogens with zero attached hydrogens (tertiary/aromatic N) is 1. The van der Waals surface area contributed by atoms with E-state index in [1.165, 1.54) is 6.07 Å². The molecule has 6 heteroatoms.